The van der Waals surface area contributed by atoms with Gasteiger partial charge >= 0.3 is 0 Å². The van der Waals surface area contributed by atoms with Crippen LogP contribution in [0.15, 0.2) is 0 Å². The highest BCUT2D eigenvalue weighted by Crippen LogP contribution is 2.15. The summed E-state index contributed by atoms with van der Waals surface area (Å²) >= 11 is 0. The van der Waals surface area contributed by atoms with Crippen molar-refractivity contribution in [3.63, 3.8) is 0 Å². The minimum atomic E-state index is 0.703. The Morgan fingerprint density at radius 1 is 1.36 bits per heavy atom. The van der Waals surface area contributed by atoms with Gasteiger partial charge in [-0.3, -0.25) is 4.90 Å². The van der Waals surface area contributed by atoms with Gasteiger partial charge in [-0.2, -0.15) is 0 Å². The van der Waals surface area contributed by atoms with E-state index in [-0.39, 0.29) is 0 Å². The first kappa shape index (κ1) is 12.0. The lowest BCUT2D eigenvalue weighted by atomic mass is 10.1. The molecule has 0 unspecified atom stereocenters. The molecule has 84 valence electrons. The number of hydrogen-bond acceptors (Lipinski definition) is 3. The summed E-state index contributed by atoms with van der Waals surface area (Å²) < 4.78 is 5.38. The van der Waals surface area contributed by atoms with E-state index in [0.29, 0.717) is 6.04 Å². The van der Waals surface area contributed by atoms with Crippen LogP contribution in [0.2, 0.25) is 0 Å². The van der Waals surface area contributed by atoms with E-state index in [1.54, 1.807) is 0 Å². The zero-order chi connectivity index (χ0) is 10.4. The maximum Gasteiger partial charge on any atom is 0.0480 e. The Labute approximate surface area is 87.6 Å². The van der Waals surface area contributed by atoms with Gasteiger partial charge < -0.3 is 10.5 Å². The third kappa shape index (κ3) is 3.95. The van der Waals surface area contributed by atoms with Gasteiger partial charge in [0.15, 0.2) is 0 Å². The quantitative estimate of drug-likeness (QED) is 0.722. The third-order valence-electron chi connectivity index (χ3n) is 2.72. The number of nitrogens with zero attached hydrogens (tertiary/aromatic N) is 1. The van der Waals surface area contributed by atoms with E-state index in [4.69, 9.17) is 10.5 Å². The molecule has 0 aromatic heterocycles. The minimum Gasteiger partial charge on any atom is -0.381 e. The van der Waals surface area contributed by atoms with Crippen LogP contribution < -0.4 is 5.73 Å². The van der Waals surface area contributed by atoms with E-state index >= 15 is 0 Å². The third-order valence-corrected chi connectivity index (χ3v) is 2.72. The molecule has 3 nitrogen and oxygen atoms in total. The largest absolute Gasteiger partial charge is 0.381 e. The molecule has 0 radical (unpaired) electrons. The molecule has 0 amide bonds. The zero-order valence-electron chi connectivity index (χ0n) is 9.54. The fourth-order valence-electron chi connectivity index (χ4n) is 2.11. The van der Waals surface area contributed by atoms with Gasteiger partial charge in [0.1, 0.15) is 0 Å². The van der Waals surface area contributed by atoms with E-state index < -0.39 is 0 Å². The van der Waals surface area contributed by atoms with Gasteiger partial charge in [-0.25, -0.2) is 0 Å². The fourth-order valence-corrected chi connectivity index (χ4v) is 2.11. The van der Waals surface area contributed by atoms with Crippen LogP contribution in [0.5, 0.6) is 0 Å². The topological polar surface area (TPSA) is 38.5 Å². The fraction of sp³-hybridized carbons (Fsp3) is 1.00. The van der Waals surface area contributed by atoms with Crippen molar-refractivity contribution in [2.75, 3.05) is 32.8 Å². The van der Waals surface area contributed by atoms with Crippen LogP contribution in [0.4, 0.5) is 0 Å². The lowest BCUT2D eigenvalue weighted by Crippen LogP contribution is -2.43. The van der Waals surface area contributed by atoms with Gasteiger partial charge in [-0.05, 0) is 18.8 Å². The number of ether oxygens (including phenoxy) is 1. The van der Waals surface area contributed by atoms with Crippen LogP contribution in [-0.4, -0.2) is 43.8 Å². The Morgan fingerprint density at radius 3 is 2.50 bits per heavy atom. The highest BCUT2D eigenvalue weighted by Gasteiger charge is 2.21. The Kier molecular flexibility index (Phi) is 5.45. The molecule has 0 aromatic rings. The molecule has 1 heterocycles. The summed E-state index contributed by atoms with van der Waals surface area (Å²) in [6.07, 6.45) is 2.35. The highest BCUT2D eigenvalue weighted by molar-refractivity contribution is 4.75. The van der Waals surface area contributed by atoms with Crippen LogP contribution in [0.25, 0.3) is 0 Å². The molecule has 1 rings (SSSR count). The van der Waals surface area contributed by atoms with Crippen molar-refractivity contribution < 1.29 is 4.74 Å². The van der Waals surface area contributed by atoms with Crippen LogP contribution in [0.1, 0.15) is 26.7 Å². The summed E-state index contributed by atoms with van der Waals surface area (Å²) in [4.78, 5) is 2.53. The van der Waals surface area contributed by atoms with Crippen molar-refractivity contribution in [3.8, 4) is 0 Å². The van der Waals surface area contributed by atoms with E-state index in [1.807, 2.05) is 0 Å². The maximum absolute atomic E-state index is 5.64. The molecule has 14 heavy (non-hydrogen) atoms. The first-order valence-electron chi connectivity index (χ1n) is 5.76. The van der Waals surface area contributed by atoms with E-state index in [9.17, 15) is 0 Å². The summed E-state index contributed by atoms with van der Waals surface area (Å²) in [5, 5.41) is 0. The number of rotatable bonds is 5. The summed E-state index contributed by atoms with van der Waals surface area (Å²) in [6.45, 7) is 9.34. The summed E-state index contributed by atoms with van der Waals surface area (Å²) in [6, 6.07) is 0.703. The van der Waals surface area contributed by atoms with E-state index in [0.717, 1.165) is 32.2 Å². The molecule has 1 saturated heterocycles. The van der Waals surface area contributed by atoms with Crippen molar-refractivity contribution in [1.82, 2.24) is 4.90 Å². The van der Waals surface area contributed by atoms with Gasteiger partial charge in [-0.1, -0.05) is 13.8 Å². The molecule has 0 aliphatic carbocycles. The molecule has 1 aliphatic heterocycles. The predicted octanol–water partition coefficient (Wildman–Crippen LogP) is 1.08. The van der Waals surface area contributed by atoms with Crippen molar-refractivity contribution in [2.45, 2.75) is 32.7 Å². The standard InChI is InChI=1S/C11H24N2O/c1-10(2)9-13(6-5-12)11-3-7-14-8-4-11/h10-11H,3-9,12H2,1-2H3. The Hall–Kier alpha value is -0.120. The second-order valence-corrected chi connectivity index (χ2v) is 4.52. The minimum absolute atomic E-state index is 0.703. The summed E-state index contributed by atoms with van der Waals surface area (Å²) in [5.74, 6) is 0.726. The Bertz CT molecular complexity index is 144. The van der Waals surface area contributed by atoms with Gasteiger partial charge in [0.2, 0.25) is 0 Å². The summed E-state index contributed by atoms with van der Waals surface area (Å²) in [7, 11) is 0. The van der Waals surface area contributed by atoms with Crippen molar-refractivity contribution in [1.29, 1.82) is 0 Å². The second-order valence-electron chi connectivity index (χ2n) is 4.52. The molecule has 0 bridgehead atoms. The molecule has 0 aromatic carbocycles. The van der Waals surface area contributed by atoms with Crippen molar-refractivity contribution in [2.24, 2.45) is 11.7 Å². The predicted molar refractivity (Wildman–Crippen MR) is 59.3 cm³/mol. The monoisotopic (exact) mass is 200 g/mol. The lowest BCUT2D eigenvalue weighted by molar-refractivity contribution is 0.0311. The zero-order valence-corrected chi connectivity index (χ0v) is 9.54. The maximum atomic E-state index is 5.64. The highest BCUT2D eigenvalue weighted by atomic mass is 16.5. The first-order valence-corrected chi connectivity index (χ1v) is 5.76. The van der Waals surface area contributed by atoms with E-state index in [2.05, 4.69) is 18.7 Å². The SMILES string of the molecule is CC(C)CN(CCN)C1CCOCC1. The van der Waals surface area contributed by atoms with Gasteiger partial charge in [0.05, 0.1) is 0 Å². The number of hydrogen-bond donors (Lipinski definition) is 1. The van der Waals surface area contributed by atoms with Crippen molar-refractivity contribution >= 4 is 0 Å². The van der Waals surface area contributed by atoms with E-state index in [1.165, 1.54) is 19.4 Å². The van der Waals surface area contributed by atoms with Crippen LogP contribution in [0.3, 0.4) is 0 Å². The average molecular weight is 200 g/mol. The van der Waals surface area contributed by atoms with Crippen LogP contribution in [-0.2, 0) is 4.74 Å². The van der Waals surface area contributed by atoms with Gasteiger partial charge in [-0.15, -0.1) is 0 Å². The average Bonchev–Trinajstić information content (AvgIpc) is 2.18. The molecule has 2 N–H and O–H groups in total. The summed E-state index contributed by atoms with van der Waals surface area (Å²) in [5.41, 5.74) is 5.64. The molecular weight excluding hydrogens is 176 g/mol. The molecule has 0 saturated carbocycles. The van der Waals surface area contributed by atoms with Crippen LogP contribution in [0, 0.1) is 5.92 Å². The Balaban J connectivity index is 2.38. The second kappa shape index (κ2) is 6.38. The molecule has 3 heteroatoms. The van der Waals surface area contributed by atoms with Crippen LogP contribution >= 0.6 is 0 Å². The molecule has 1 aliphatic rings. The molecule has 1 fully saturated rings. The van der Waals surface area contributed by atoms with Gasteiger partial charge in [0.25, 0.3) is 0 Å². The van der Waals surface area contributed by atoms with Crippen molar-refractivity contribution in [3.05, 3.63) is 0 Å². The van der Waals surface area contributed by atoms with Gasteiger partial charge in [0, 0.05) is 38.9 Å². The Morgan fingerprint density at radius 2 is 2.00 bits per heavy atom. The molecular formula is C11H24N2O. The molecule has 0 atom stereocenters. The lowest BCUT2D eigenvalue weighted by Gasteiger charge is -2.35. The first-order chi connectivity index (χ1) is 6.74. The normalized spacial score (nSPS) is 19.5. The number of nitrogens with two attached hydrogens (primary N) is 1. The smallest absolute Gasteiger partial charge is 0.0480 e. The molecule has 0 spiro atoms.